The van der Waals surface area contributed by atoms with Gasteiger partial charge in [0.15, 0.2) is 0 Å². The summed E-state index contributed by atoms with van der Waals surface area (Å²) in [5, 5.41) is 7.97. The highest BCUT2D eigenvalue weighted by Gasteiger charge is 2.39. The van der Waals surface area contributed by atoms with Crippen molar-refractivity contribution in [1.29, 1.82) is 0 Å². The first-order valence-corrected chi connectivity index (χ1v) is 18.4. The van der Waals surface area contributed by atoms with Crippen molar-refractivity contribution in [3.8, 4) is 29.4 Å². The number of rotatable bonds is 14. The molecule has 14 nitrogen and oxygen atoms in total. The van der Waals surface area contributed by atoms with E-state index in [1.165, 1.54) is 24.1 Å². The minimum Gasteiger partial charge on any atom is -0.467 e. The minimum absolute atomic E-state index is 0.0109. The third kappa shape index (κ3) is 14.3. The summed E-state index contributed by atoms with van der Waals surface area (Å²) in [5.74, 6) is 8.58. The number of alkyl carbamates (subject to hydrolysis) is 1. The van der Waals surface area contributed by atoms with Crippen molar-refractivity contribution in [1.82, 2.24) is 20.9 Å². The molecular weight excluding hydrogens is 776 g/mol. The summed E-state index contributed by atoms with van der Waals surface area (Å²) in [5.41, 5.74) is 0.511. The number of nitrogens with one attached hydrogen (secondary N) is 3. The molecule has 1 saturated heterocycles. The van der Waals surface area contributed by atoms with Gasteiger partial charge in [-0.15, -0.1) is 23.7 Å². The van der Waals surface area contributed by atoms with E-state index in [0.717, 1.165) is 10.0 Å². The van der Waals surface area contributed by atoms with Crippen LogP contribution >= 0.6 is 15.9 Å². The fraction of sp³-hybridized carbons (Fsp3) is 0.450. The van der Waals surface area contributed by atoms with E-state index in [0.29, 0.717) is 18.4 Å². The quantitative estimate of drug-likeness (QED) is 0.106. The second-order valence-corrected chi connectivity index (χ2v) is 14.2. The van der Waals surface area contributed by atoms with Crippen molar-refractivity contribution < 1.29 is 47.7 Å². The van der Waals surface area contributed by atoms with Crippen molar-refractivity contribution in [2.45, 2.75) is 103 Å². The van der Waals surface area contributed by atoms with Crippen LogP contribution in [-0.4, -0.2) is 84.3 Å². The van der Waals surface area contributed by atoms with E-state index in [4.69, 9.17) is 18.9 Å². The van der Waals surface area contributed by atoms with Gasteiger partial charge in [0.25, 0.3) is 0 Å². The van der Waals surface area contributed by atoms with Crippen LogP contribution in [0.15, 0.2) is 53.0 Å². The van der Waals surface area contributed by atoms with Gasteiger partial charge in [0, 0.05) is 35.8 Å². The van der Waals surface area contributed by atoms with Gasteiger partial charge in [-0.25, -0.2) is 14.4 Å². The molecular formula is C40H47BrN4O10. The zero-order valence-electron chi connectivity index (χ0n) is 31.8. The highest BCUT2D eigenvalue weighted by molar-refractivity contribution is 9.10. The molecule has 4 atom stereocenters. The topological polar surface area (TPSA) is 179 Å². The number of halogens is 1. The number of amides is 4. The number of ether oxygens (including phenoxy) is 4. The van der Waals surface area contributed by atoms with Gasteiger partial charge >= 0.3 is 18.2 Å². The Bertz CT molecular complexity index is 1820. The predicted octanol–water partition coefficient (Wildman–Crippen LogP) is 4.56. The molecule has 15 heteroatoms. The van der Waals surface area contributed by atoms with Crippen LogP contribution in [0.3, 0.4) is 0 Å². The summed E-state index contributed by atoms with van der Waals surface area (Å²) >= 11 is 3.40. The number of benzene rings is 2. The van der Waals surface area contributed by atoms with Gasteiger partial charge in [0.1, 0.15) is 42.1 Å². The van der Waals surface area contributed by atoms with E-state index < -0.39 is 65.7 Å². The lowest BCUT2D eigenvalue weighted by Gasteiger charge is -2.30. The van der Waals surface area contributed by atoms with E-state index in [1.807, 2.05) is 18.2 Å². The maximum absolute atomic E-state index is 13.9. The van der Waals surface area contributed by atoms with Gasteiger partial charge < -0.3 is 39.8 Å². The average Bonchev–Trinajstić information content (AvgIpc) is 3.64. The van der Waals surface area contributed by atoms with Crippen LogP contribution in [0.4, 0.5) is 9.59 Å². The highest BCUT2D eigenvalue weighted by atomic mass is 79.9. The van der Waals surface area contributed by atoms with E-state index in [1.54, 1.807) is 52.8 Å². The molecule has 55 heavy (non-hydrogen) atoms. The Kier molecular flexibility index (Phi) is 17.0. The Morgan fingerprint density at radius 1 is 0.891 bits per heavy atom. The largest absolute Gasteiger partial charge is 0.514 e. The van der Waals surface area contributed by atoms with Crippen molar-refractivity contribution in [2.24, 2.45) is 0 Å². The predicted molar refractivity (Wildman–Crippen MR) is 205 cm³/mol. The van der Waals surface area contributed by atoms with Crippen LogP contribution < -0.4 is 20.7 Å². The molecule has 0 radical (unpaired) electrons. The number of carbonyl (C=O) groups excluding carboxylic acids is 6. The SMILES string of the molecule is CC#CC[C@H](NC(=O)[C@H](Cc1ccc(OC(=O)OCc2ccccc2Br)cc1)NC(=O)[C@@H]1CCCN1C(=O)[C@H](CC#CC)NC(=O)OC(C)(C)C)C(=O)OC. The minimum atomic E-state index is -1.23. The van der Waals surface area contributed by atoms with Crippen LogP contribution in [0.5, 0.6) is 5.75 Å². The van der Waals surface area contributed by atoms with E-state index >= 15 is 0 Å². The fourth-order valence-corrected chi connectivity index (χ4v) is 5.85. The summed E-state index contributed by atoms with van der Waals surface area (Å²) < 4.78 is 21.5. The zero-order chi connectivity index (χ0) is 40.5. The smallest absolute Gasteiger partial charge is 0.467 e. The van der Waals surface area contributed by atoms with Crippen LogP contribution in [0.25, 0.3) is 0 Å². The Morgan fingerprint density at radius 3 is 2.16 bits per heavy atom. The van der Waals surface area contributed by atoms with Gasteiger partial charge in [-0.2, -0.15) is 0 Å². The molecule has 0 aromatic heterocycles. The normalized spacial score (nSPS) is 15.0. The van der Waals surface area contributed by atoms with Gasteiger partial charge in [-0.05, 0) is 71.2 Å². The van der Waals surface area contributed by atoms with Crippen LogP contribution in [0, 0.1) is 23.7 Å². The molecule has 294 valence electrons. The molecule has 0 spiro atoms. The zero-order valence-corrected chi connectivity index (χ0v) is 33.4. The average molecular weight is 824 g/mol. The third-order valence-corrected chi connectivity index (χ3v) is 8.87. The third-order valence-electron chi connectivity index (χ3n) is 8.10. The molecule has 4 amide bonds. The van der Waals surface area contributed by atoms with E-state index in [2.05, 4.69) is 55.6 Å². The van der Waals surface area contributed by atoms with Crippen molar-refractivity contribution in [2.75, 3.05) is 13.7 Å². The lowest BCUT2D eigenvalue weighted by molar-refractivity contribution is -0.145. The van der Waals surface area contributed by atoms with Crippen molar-refractivity contribution >= 4 is 51.9 Å². The molecule has 1 fully saturated rings. The number of nitrogens with zero attached hydrogens (tertiary/aromatic N) is 1. The second-order valence-electron chi connectivity index (χ2n) is 13.4. The molecule has 1 aliphatic heterocycles. The standard InChI is InChI=1S/C40H47BrN4O10/c1-7-9-16-30(44-38(50)55-40(3,4)5)36(48)45-23-13-18-33(45)35(47)43-32(34(46)42-31(17-10-8-2)37(49)52-6)24-26-19-21-28(22-20-26)54-39(51)53-25-27-14-11-12-15-29(27)41/h11-12,14-15,19-22,30-33H,13,16-18,23-25H2,1-6H3,(H,42,46)(H,43,47)(H,44,50)/t30-,31-,32-,33-/m0/s1. The summed E-state index contributed by atoms with van der Waals surface area (Å²) in [6.45, 7) is 8.49. The van der Waals surface area contributed by atoms with Gasteiger partial charge in [-0.1, -0.05) is 46.3 Å². The first kappa shape index (κ1) is 43.9. The maximum Gasteiger partial charge on any atom is 0.514 e. The molecule has 2 aromatic carbocycles. The molecule has 0 unspecified atom stereocenters. The maximum atomic E-state index is 13.9. The van der Waals surface area contributed by atoms with Gasteiger partial charge in [-0.3, -0.25) is 14.4 Å². The summed E-state index contributed by atoms with van der Waals surface area (Å²) in [4.78, 5) is 80.3. The van der Waals surface area contributed by atoms with Crippen molar-refractivity contribution in [3.63, 3.8) is 0 Å². The number of carbonyl (C=O) groups is 6. The highest BCUT2D eigenvalue weighted by Crippen LogP contribution is 2.22. The second kappa shape index (κ2) is 21.4. The van der Waals surface area contributed by atoms with Gasteiger partial charge in [0.05, 0.1) is 7.11 Å². The molecule has 1 aliphatic rings. The lowest BCUT2D eigenvalue weighted by atomic mass is 10.0. The molecule has 0 saturated carbocycles. The van der Waals surface area contributed by atoms with Crippen LogP contribution in [-0.2, 0) is 46.4 Å². The van der Waals surface area contributed by atoms with E-state index in [9.17, 15) is 28.8 Å². The Morgan fingerprint density at radius 2 is 1.55 bits per heavy atom. The summed E-state index contributed by atoms with van der Waals surface area (Å²) in [7, 11) is 1.18. The Balaban J connectivity index is 1.80. The molecule has 3 N–H and O–H groups in total. The number of hydrogen-bond acceptors (Lipinski definition) is 10. The molecule has 3 rings (SSSR count). The van der Waals surface area contributed by atoms with Crippen LogP contribution in [0.2, 0.25) is 0 Å². The fourth-order valence-electron chi connectivity index (χ4n) is 5.45. The first-order chi connectivity index (χ1) is 26.1. The number of likely N-dealkylation sites (tertiary alicyclic amines) is 1. The number of methoxy groups -OCH3 is 1. The number of hydrogen-bond donors (Lipinski definition) is 3. The Labute approximate surface area is 329 Å². The summed E-state index contributed by atoms with van der Waals surface area (Å²) in [6, 6.07) is 9.10. The van der Waals surface area contributed by atoms with Crippen molar-refractivity contribution in [3.05, 3.63) is 64.1 Å². The molecule has 2 aromatic rings. The lowest BCUT2D eigenvalue weighted by Crippen LogP contribution is -2.58. The monoisotopic (exact) mass is 822 g/mol. The molecule has 0 bridgehead atoms. The number of esters is 1. The van der Waals surface area contributed by atoms with E-state index in [-0.39, 0.29) is 38.2 Å². The first-order valence-electron chi connectivity index (χ1n) is 17.6. The van der Waals surface area contributed by atoms with Gasteiger partial charge in [0.2, 0.25) is 17.7 Å². The summed E-state index contributed by atoms with van der Waals surface area (Å²) in [6.07, 6.45) is -1.02. The van der Waals surface area contributed by atoms with Crippen LogP contribution in [0.1, 0.15) is 71.4 Å². The Hall–Kier alpha value is -5.54. The molecule has 1 heterocycles. The molecule has 0 aliphatic carbocycles.